The molecule has 0 bridgehead atoms. The molecule has 0 spiro atoms. The molecular weight excluding hydrogens is 526 g/mol. The molecule has 8 heteroatoms. The number of nitrogens with zero attached hydrogens (tertiary/aromatic N) is 3. The molecule has 2 N–H and O–H groups in total. The largest absolute Gasteiger partial charge is 0.438 e. The SMILES string of the molecule is CCCCCCCCC=CCCCCCCCC(=O)OCOCNc1ccc(-c2nc3cc(C(C)(C)C)[nH]n3n2)cc1. The lowest BCUT2D eigenvalue weighted by Crippen LogP contribution is -2.12. The number of aromatic amines is 1. The van der Waals surface area contributed by atoms with Gasteiger partial charge in [0.1, 0.15) is 6.73 Å². The number of nitrogens with one attached hydrogen (secondary N) is 2. The minimum absolute atomic E-state index is 0.0140. The number of allylic oxidation sites excluding steroid dienone is 2. The smallest absolute Gasteiger partial charge is 0.307 e. The molecular formula is C34H53N5O3. The van der Waals surface area contributed by atoms with Gasteiger partial charge < -0.3 is 14.8 Å². The summed E-state index contributed by atoms with van der Waals surface area (Å²) in [6.45, 7) is 8.93. The van der Waals surface area contributed by atoms with E-state index in [0.717, 1.165) is 35.4 Å². The maximum Gasteiger partial charge on any atom is 0.307 e. The predicted molar refractivity (Wildman–Crippen MR) is 171 cm³/mol. The van der Waals surface area contributed by atoms with Crippen molar-refractivity contribution < 1.29 is 14.3 Å². The molecule has 0 aliphatic heterocycles. The third-order valence-corrected chi connectivity index (χ3v) is 7.41. The maximum atomic E-state index is 11.9. The number of fused-ring (bicyclic) bond motifs is 1. The number of carbonyl (C=O) groups excluding carboxylic acids is 1. The van der Waals surface area contributed by atoms with Crippen LogP contribution in [-0.2, 0) is 19.7 Å². The van der Waals surface area contributed by atoms with Crippen LogP contribution < -0.4 is 5.32 Å². The van der Waals surface area contributed by atoms with Gasteiger partial charge in [-0.1, -0.05) is 91.2 Å². The van der Waals surface area contributed by atoms with Crippen LogP contribution in [0.5, 0.6) is 0 Å². The van der Waals surface area contributed by atoms with Crippen LogP contribution in [0.25, 0.3) is 17.0 Å². The summed E-state index contributed by atoms with van der Waals surface area (Å²) in [4.78, 5) is 16.6. The van der Waals surface area contributed by atoms with Crippen molar-refractivity contribution in [2.24, 2.45) is 0 Å². The second-order valence-electron chi connectivity index (χ2n) is 12.2. The fourth-order valence-electron chi connectivity index (χ4n) is 4.71. The van der Waals surface area contributed by atoms with E-state index in [-0.39, 0.29) is 24.9 Å². The van der Waals surface area contributed by atoms with Crippen molar-refractivity contribution in [3.63, 3.8) is 0 Å². The molecule has 42 heavy (non-hydrogen) atoms. The van der Waals surface area contributed by atoms with Crippen LogP contribution in [0.3, 0.4) is 0 Å². The molecule has 0 saturated carbocycles. The number of carbonyl (C=O) groups is 1. The van der Waals surface area contributed by atoms with Crippen molar-refractivity contribution in [2.75, 3.05) is 18.8 Å². The van der Waals surface area contributed by atoms with Crippen molar-refractivity contribution in [3.05, 3.63) is 48.2 Å². The highest BCUT2D eigenvalue weighted by Gasteiger charge is 2.18. The molecule has 2 heterocycles. The molecule has 3 aromatic rings. The second kappa shape index (κ2) is 18.4. The van der Waals surface area contributed by atoms with E-state index in [0.29, 0.717) is 12.2 Å². The molecule has 0 saturated heterocycles. The number of rotatable bonds is 21. The van der Waals surface area contributed by atoms with Crippen LogP contribution in [-0.4, -0.2) is 39.3 Å². The molecule has 2 aromatic heterocycles. The topological polar surface area (TPSA) is 93.5 Å². The molecule has 1 aromatic carbocycles. The number of unbranched alkanes of at least 4 members (excludes halogenated alkanes) is 11. The van der Waals surface area contributed by atoms with Crippen LogP contribution in [0.15, 0.2) is 42.5 Å². The lowest BCUT2D eigenvalue weighted by molar-refractivity contribution is -0.155. The Hall–Kier alpha value is -3.13. The summed E-state index contributed by atoms with van der Waals surface area (Å²) in [5, 5.41) is 11.0. The van der Waals surface area contributed by atoms with Crippen LogP contribution in [0.1, 0.15) is 123 Å². The molecule has 232 valence electrons. The molecule has 0 aliphatic rings. The van der Waals surface area contributed by atoms with Crippen LogP contribution in [0.4, 0.5) is 5.69 Å². The first kappa shape index (κ1) is 33.4. The maximum absolute atomic E-state index is 11.9. The zero-order valence-corrected chi connectivity index (χ0v) is 26.4. The van der Waals surface area contributed by atoms with Gasteiger partial charge in [-0.3, -0.25) is 9.89 Å². The summed E-state index contributed by atoms with van der Waals surface area (Å²) in [6.07, 6.45) is 21.3. The molecule has 0 atom stereocenters. The fraction of sp³-hybridized carbons (Fsp3) is 0.618. The van der Waals surface area contributed by atoms with Crippen LogP contribution in [0, 0.1) is 0 Å². The van der Waals surface area contributed by atoms with Gasteiger partial charge in [0.15, 0.2) is 18.3 Å². The highest BCUT2D eigenvalue weighted by atomic mass is 16.7. The van der Waals surface area contributed by atoms with E-state index in [1.807, 2.05) is 30.3 Å². The molecule has 8 nitrogen and oxygen atoms in total. The summed E-state index contributed by atoms with van der Waals surface area (Å²) >= 11 is 0. The van der Waals surface area contributed by atoms with Gasteiger partial charge >= 0.3 is 5.97 Å². The van der Waals surface area contributed by atoms with Crippen molar-refractivity contribution in [3.8, 4) is 11.4 Å². The first-order valence-electron chi connectivity index (χ1n) is 16.1. The van der Waals surface area contributed by atoms with E-state index in [2.05, 4.69) is 60.3 Å². The minimum Gasteiger partial charge on any atom is -0.438 e. The number of aromatic nitrogens is 4. The molecule has 0 unspecified atom stereocenters. The Balaban J connectivity index is 1.16. The van der Waals surface area contributed by atoms with E-state index in [9.17, 15) is 4.79 Å². The average Bonchev–Trinajstić information content (AvgIpc) is 3.56. The minimum atomic E-state index is -0.199. The standard InChI is InChI=1S/C34H53N5O3/c1-5-6-7-8-9-10-11-12-13-14-15-16-17-18-19-20-32(40)42-27-41-26-35-29-23-21-28(22-24-29)33-36-31-25-30(34(2,3)4)37-39(31)38-33/h12-13,21-25,35,37H,5-11,14-20,26-27H2,1-4H3. The second-order valence-corrected chi connectivity index (χ2v) is 12.2. The third-order valence-electron chi connectivity index (χ3n) is 7.41. The third kappa shape index (κ3) is 12.4. The number of hydrogen-bond acceptors (Lipinski definition) is 6. The zero-order valence-electron chi connectivity index (χ0n) is 26.4. The summed E-state index contributed by atoms with van der Waals surface area (Å²) in [5.74, 6) is 0.470. The van der Waals surface area contributed by atoms with Gasteiger partial charge in [0, 0.05) is 34.8 Å². The average molecular weight is 580 g/mol. The van der Waals surface area contributed by atoms with Gasteiger partial charge in [-0.15, -0.1) is 5.10 Å². The zero-order chi connectivity index (χ0) is 30.0. The van der Waals surface area contributed by atoms with E-state index in [4.69, 9.17) is 9.47 Å². The fourth-order valence-corrected chi connectivity index (χ4v) is 4.71. The van der Waals surface area contributed by atoms with Gasteiger partial charge in [0.05, 0.1) is 0 Å². The number of hydrogen-bond donors (Lipinski definition) is 2. The van der Waals surface area contributed by atoms with E-state index in [1.54, 1.807) is 4.63 Å². The Morgan fingerprint density at radius 2 is 1.57 bits per heavy atom. The molecule has 0 aliphatic carbocycles. The van der Waals surface area contributed by atoms with E-state index >= 15 is 0 Å². The van der Waals surface area contributed by atoms with Gasteiger partial charge in [-0.2, -0.15) is 4.63 Å². The van der Waals surface area contributed by atoms with Crippen LogP contribution in [0.2, 0.25) is 0 Å². The quantitative estimate of drug-likeness (QED) is 0.0566. The van der Waals surface area contributed by atoms with E-state index < -0.39 is 0 Å². The summed E-state index contributed by atoms with van der Waals surface area (Å²) < 4.78 is 12.3. The number of anilines is 1. The summed E-state index contributed by atoms with van der Waals surface area (Å²) in [5.41, 5.74) is 3.74. The number of ether oxygens (including phenoxy) is 2. The Morgan fingerprint density at radius 1 is 0.929 bits per heavy atom. The van der Waals surface area contributed by atoms with Crippen molar-refractivity contribution in [1.82, 2.24) is 19.8 Å². The van der Waals surface area contributed by atoms with Gasteiger partial charge in [-0.05, 0) is 56.4 Å². The lowest BCUT2D eigenvalue weighted by Gasteiger charge is -2.14. The van der Waals surface area contributed by atoms with Crippen LogP contribution >= 0.6 is 0 Å². The number of H-pyrrole nitrogens is 1. The Morgan fingerprint density at radius 3 is 2.21 bits per heavy atom. The van der Waals surface area contributed by atoms with Gasteiger partial charge in [0.2, 0.25) is 0 Å². The number of benzene rings is 1. The van der Waals surface area contributed by atoms with Crippen molar-refractivity contribution >= 4 is 17.3 Å². The number of esters is 1. The Bertz CT molecular complexity index is 1160. The Labute approximate surface area is 252 Å². The molecule has 3 rings (SSSR count). The van der Waals surface area contributed by atoms with Crippen molar-refractivity contribution in [2.45, 2.75) is 123 Å². The predicted octanol–water partition coefficient (Wildman–Crippen LogP) is 8.95. The summed E-state index contributed by atoms with van der Waals surface area (Å²) in [6, 6.07) is 9.88. The van der Waals surface area contributed by atoms with Gasteiger partial charge in [0.25, 0.3) is 0 Å². The molecule has 0 radical (unpaired) electrons. The van der Waals surface area contributed by atoms with Crippen molar-refractivity contribution in [1.29, 1.82) is 0 Å². The monoisotopic (exact) mass is 579 g/mol. The molecule has 0 amide bonds. The highest BCUT2D eigenvalue weighted by molar-refractivity contribution is 5.69. The normalized spacial score (nSPS) is 12.0. The highest BCUT2D eigenvalue weighted by Crippen LogP contribution is 2.24. The first-order chi connectivity index (χ1) is 20.4. The van der Waals surface area contributed by atoms with Gasteiger partial charge in [-0.25, -0.2) is 4.98 Å². The Kier molecular flexibility index (Phi) is 14.6. The van der Waals surface area contributed by atoms with E-state index in [1.165, 1.54) is 70.6 Å². The molecule has 0 fully saturated rings. The summed E-state index contributed by atoms with van der Waals surface area (Å²) in [7, 11) is 0. The lowest BCUT2D eigenvalue weighted by atomic mass is 9.93. The first-order valence-corrected chi connectivity index (χ1v) is 16.1.